The monoisotopic (exact) mass is 525 g/mol. The molecule has 0 radical (unpaired) electrons. The Balaban J connectivity index is 1.68. The Hall–Kier alpha value is -1.33. The Labute approximate surface area is 212 Å². The van der Waals surface area contributed by atoms with Crippen LogP contribution in [0.4, 0.5) is 11.6 Å². The Bertz CT molecular complexity index is 976. The van der Waals surface area contributed by atoms with E-state index in [2.05, 4.69) is 37.6 Å². The SMILES string of the molecule is CSc1nc(Cl)c(OC2CC2)c(N(COCC[Si](C)(C)C)c2cc(C)n(C3CCCCO3)n2)n1. The summed E-state index contributed by atoms with van der Waals surface area (Å²) in [5.41, 5.74) is 1.03. The second-order valence-corrected chi connectivity index (χ2v) is 16.9. The zero-order valence-corrected chi connectivity index (χ0v) is 23.4. The van der Waals surface area contributed by atoms with Gasteiger partial charge >= 0.3 is 0 Å². The Morgan fingerprint density at radius 1 is 1.24 bits per heavy atom. The van der Waals surface area contributed by atoms with Crippen molar-refractivity contribution < 1.29 is 14.2 Å². The lowest BCUT2D eigenvalue weighted by Gasteiger charge is -2.26. The van der Waals surface area contributed by atoms with Gasteiger partial charge in [0.1, 0.15) is 6.73 Å². The van der Waals surface area contributed by atoms with Crippen LogP contribution in [-0.2, 0) is 9.47 Å². The fourth-order valence-corrected chi connectivity index (χ4v) is 5.08. The van der Waals surface area contributed by atoms with E-state index in [-0.39, 0.29) is 12.3 Å². The van der Waals surface area contributed by atoms with Gasteiger partial charge in [-0.2, -0.15) is 5.10 Å². The average molecular weight is 526 g/mol. The highest BCUT2D eigenvalue weighted by atomic mass is 35.5. The van der Waals surface area contributed by atoms with Crippen molar-refractivity contribution in [1.82, 2.24) is 19.7 Å². The highest BCUT2D eigenvalue weighted by Gasteiger charge is 2.31. The van der Waals surface area contributed by atoms with E-state index in [4.69, 9.17) is 35.9 Å². The molecule has 0 N–H and O–H groups in total. The summed E-state index contributed by atoms with van der Waals surface area (Å²) in [6.07, 6.45) is 7.27. The molecule has 8 nitrogen and oxygen atoms in total. The Kier molecular flexibility index (Phi) is 8.45. The molecule has 4 rings (SSSR count). The van der Waals surface area contributed by atoms with Crippen molar-refractivity contribution in [2.45, 2.75) is 82.2 Å². The van der Waals surface area contributed by atoms with E-state index in [0.29, 0.717) is 35.2 Å². The first-order valence-corrected chi connectivity index (χ1v) is 17.4. The van der Waals surface area contributed by atoms with Crippen LogP contribution in [0.1, 0.15) is 44.0 Å². The van der Waals surface area contributed by atoms with Crippen molar-refractivity contribution in [3.8, 4) is 5.75 Å². The smallest absolute Gasteiger partial charge is 0.200 e. The number of hydrogen-bond donors (Lipinski definition) is 0. The summed E-state index contributed by atoms with van der Waals surface area (Å²) in [6.45, 7) is 10.8. The summed E-state index contributed by atoms with van der Waals surface area (Å²) in [6, 6.07) is 3.13. The molecule has 34 heavy (non-hydrogen) atoms. The second kappa shape index (κ2) is 11.2. The van der Waals surface area contributed by atoms with Crippen LogP contribution in [-0.4, -0.2) is 60.1 Å². The quantitative estimate of drug-likeness (QED) is 0.0876. The Morgan fingerprint density at radius 3 is 2.68 bits per heavy atom. The maximum atomic E-state index is 6.60. The average Bonchev–Trinajstić information content (AvgIpc) is 3.54. The molecular weight excluding hydrogens is 490 g/mol. The van der Waals surface area contributed by atoms with E-state index in [1.165, 1.54) is 11.8 Å². The van der Waals surface area contributed by atoms with E-state index >= 15 is 0 Å². The molecule has 2 fully saturated rings. The van der Waals surface area contributed by atoms with Crippen LogP contribution in [0.5, 0.6) is 5.75 Å². The molecule has 188 valence electrons. The summed E-state index contributed by atoms with van der Waals surface area (Å²) in [5, 5.41) is 5.84. The first-order valence-electron chi connectivity index (χ1n) is 12.1. The molecule has 1 unspecified atom stereocenters. The molecule has 1 aliphatic heterocycles. The summed E-state index contributed by atoms with van der Waals surface area (Å²) in [5.74, 6) is 1.83. The fourth-order valence-electron chi connectivity index (χ4n) is 3.70. The summed E-state index contributed by atoms with van der Waals surface area (Å²) >= 11 is 8.05. The molecule has 1 saturated heterocycles. The predicted molar refractivity (Wildman–Crippen MR) is 139 cm³/mol. The van der Waals surface area contributed by atoms with Crippen LogP contribution in [0.3, 0.4) is 0 Å². The number of rotatable bonds is 11. The molecule has 2 aromatic heterocycles. The molecule has 11 heteroatoms. The van der Waals surface area contributed by atoms with Crippen molar-refractivity contribution in [2.24, 2.45) is 0 Å². The number of hydrogen-bond acceptors (Lipinski definition) is 8. The van der Waals surface area contributed by atoms with Crippen molar-refractivity contribution in [1.29, 1.82) is 0 Å². The van der Waals surface area contributed by atoms with Crippen molar-refractivity contribution >= 4 is 43.1 Å². The molecule has 0 aromatic carbocycles. The maximum Gasteiger partial charge on any atom is 0.200 e. The van der Waals surface area contributed by atoms with Crippen molar-refractivity contribution in [3.63, 3.8) is 0 Å². The summed E-state index contributed by atoms with van der Waals surface area (Å²) in [4.78, 5) is 11.2. The van der Waals surface area contributed by atoms with E-state index in [0.717, 1.165) is 56.3 Å². The zero-order valence-electron chi connectivity index (χ0n) is 20.8. The third-order valence-corrected chi connectivity index (χ3v) is 8.37. The van der Waals surface area contributed by atoms with E-state index in [9.17, 15) is 0 Å². The van der Waals surface area contributed by atoms with Gasteiger partial charge in [0, 0.05) is 33.0 Å². The molecule has 0 amide bonds. The van der Waals surface area contributed by atoms with Gasteiger partial charge in [0.2, 0.25) is 0 Å². The van der Waals surface area contributed by atoms with Gasteiger partial charge in [-0.25, -0.2) is 14.6 Å². The highest BCUT2D eigenvalue weighted by molar-refractivity contribution is 7.98. The zero-order chi connectivity index (χ0) is 24.3. The van der Waals surface area contributed by atoms with E-state index in [1.54, 1.807) is 0 Å². The number of nitrogens with zero attached hydrogens (tertiary/aromatic N) is 5. The number of aromatic nitrogens is 4. The molecule has 1 saturated carbocycles. The largest absolute Gasteiger partial charge is 0.484 e. The summed E-state index contributed by atoms with van der Waals surface area (Å²) in [7, 11) is -1.22. The highest BCUT2D eigenvalue weighted by Crippen LogP contribution is 2.41. The minimum atomic E-state index is -1.22. The van der Waals surface area contributed by atoms with Gasteiger partial charge in [0.15, 0.2) is 33.9 Å². The lowest BCUT2D eigenvalue weighted by atomic mass is 10.2. The van der Waals surface area contributed by atoms with Gasteiger partial charge in [-0.05, 0) is 51.3 Å². The van der Waals surface area contributed by atoms with Crippen LogP contribution >= 0.6 is 23.4 Å². The molecule has 1 atom stereocenters. The minimum absolute atomic E-state index is 0.0462. The van der Waals surface area contributed by atoms with E-state index < -0.39 is 8.07 Å². The van der Waals surface area contributed by atoms with E-state index in [1.807, 2.05) is 15.8 Å². The molecule has 1 aliphatic carbocycles. The minimum Gasteiger partial charge on any atom is -0.484 e. The lowest BCUT2D eigenvalue weighted by molar-refractivity contribution is -0.0405. The standard InChI is InChI=1S/C23H36ClN5O3SSi/c1-16-14-18(27-29(16)19-8-6-7-11-31-19)28(15-30-12-13-34(3,4)5)22-20(32-17-9-10-17)21(24)25-23(26-22)33-2/h14,17,19H,6-13,15H2,1-5H3. The van der Waals surface area contributed by atoms with Gasteiger partial charge in [0.25, 0.3) is 0 Å². The van der Waals surface area contributed by atoms with Gasteiger partial charge in [0.05, 0.1) is 6.10 Å². The maximum absolute atomic E-state index is 6.60. The number of anilines is 2. The molecule has 3 heterocycles. The van der Waals surface area contributed by atoms with Gasteiger partial charge in [-0.3, -0.25) is 4.90 Å². The molecule has 0 spiro atoms. The Morgan fingerprint density at radius 2 is 2.03 bits per heavy atom. The second-order valence-electron chi connectivity index (χ2n) is 10.2. The third-order valence-electron chi connectivity index (χ3n) is 5.86. The van der Waals surface area contributed by atoms with Gasteiger partial charge in [-0.1, -0.05) is 43.0 Å². The third kappa shape index (κ3) is 6.66. The fraction of sp³-hybridized carbons (Fsp3) is 0.696. The number of halogens is 1. The topological polar surface area (TPSA) is 74.5 Å². The van der Waals surface area contributed by atoms with Crippen molar-refractivity contribution in [3.05, 3.63) is 16.9 Å². The molecule has 2 aromatic rings. The van der Waals surface area contributed by atoms with Crippen LogP contribution in [0, 0.1) is 6.92 Å². The first kappa shape index (κ1) is 25.8. The number of aryl methyl sites for hydroxylation is 1. The van der Waals surface area contributed by atoms with Crippen LogP contribution in [0.25, 0.3) is 0 Å². The van der Waals surface area contributed by atoms with Crippen LogP contribution in [0.2, 0.25) is 30.8 Å². The number of thioether (sulfide) groups is 1. The van der Waals surface area contributed by atoms with Crippen LogP contribution in [0.15, 0.2) is 11.2 Å². The van der Waals surface area contributed by atoms with Gasteiger partial charge in [-0.15, -0.1) is 0 Å². The first-order chi connectivity index (χ1) is 16.2. The lowest BCUT2D eigenvalue weighted by Crippen LogP contribution is -2.27. The molecule has 0 bridgehead atoms. The summed E-state index contributed by atoms with van der Waals surface area (Å²) < 4.78 is 20.3. The van der Waals surface area contributed by atoms with Gasteiger partial charge < -0.3 is 14.2 Å². The predicted octanol–water partition coefficient (Wildman–Crippen LogP) is 6.05. The normalized spacial score (nSPS) is 18.8. The van der Waals surface area contributed by atoms with Crippen molar-refractivity contribution in [2.75, 3.05) is 31.1 Å². The number of ether oxygens (including phenoxy) is 3. The molecule has 2 aliphatic rings. The molecular formula is C23H36ClN5O3SSi. The van der Waals surface area contributed by atoms with Crippen LogP contribution < -0.4 is 9.64 Å².